The molecule has 0 aromatic heterocycles. The smallest absolute Gasteiger partial charge is 0.346 e. The maximum atomic E-state index is 12.0. The highest BCUT2D eigenvalue weighted by Crippen LogP contribution is 2.28. The lowest BCUT2D eigenvalue weighted by molar-refractivity contribution is -0.131. The average Bonchev–Trinajstić information content (AvgIpc) is 2.52. The highest BCUT2D eigenvalue weighted by atomic mass is 16.6. The number of benzene rings is 2. The largest absolute Gasteiger partial charge is 0.497 e. The van der Waals surface area contributed by atoms with Gasteiger partial charge in [-0.05, 0) is 29.8 Å². The molecule has 0 unspecified atom stereocenters. The molecule has 0 bridgehead atoms. The van der Waals surface area contributed by atoms with E-state index in [1.807, 2.05) is 12.1 Å². The molecule has 0 atom stereocenters. The van der Waals surface area contributed by atoms with E-state index in [9.17, 15) is 9.59 Å². The third kappa shape index (κ3) is 2.43. The van der Waals surface area contributed by atoms with E-state index in [0.717, 1.165) is 11.3 Å². The number of hydrogen-bond acceptors (Lipinski definition) is 4. The number of methoxy groups -OCH3 is 1. The van der Waals surface area contributed by atoms with Gasteiger partial charge < -0.3 is 9.47 Å². The van der Waals surface area contributed by atoms with Crippen molar-refractivity contribution in [3.63, 3.8) is 0 Å². The normalized spacial score (nSPS) is 15.6. The van der Waals surface area contributed by atoms with E-state index in [0.29, 0.717) is 16.7 Å². The fourth-order valence-corrected chi connectivity index (χ4v) is 2.20. The van der Waals surface area contributed by atoms with Gasteiger partial charge >= 0.3 is 11.9 Å². The lowest BCUT2D eigenvalue weighted by Gasteiger charge is -2.16. The molecule has 1 aliphatic rings. The molecular formula is C17H12O4. The van der Waals surface area contributed by atoms with Crippen LogP contribution in [0.15, 0.2) is 48.5 Å². The van der Waals surface area contributed by atoms with Crippen LogP contribution in [0.3, 0.4) is 0 Å². The van der Waals surface area contributed by atoms with Crippen LogP contribution >= 0.6 is 0 Å². The Hall–Kier alpha value is -2.88. The Balaban J connectivity index is 2.07. The van der Waals surface area contributed by atoms with E-state index in [4.69, 9.17) is 9.47 Å². The molecular weight excluding hydrogens is 268 g/mol. The molecule has 1 heterocycles. The van der Waals surface area contributed by atoms with Crippen LogP contribution in [0.1, 0.15) is 21.5 Å². The molecule has 0 radical (unpaired) electrons. The molecule has 2 aromatic carbocycles. The summed E-state index contributed by atoms with van der Waals surface area (Å²) in [6, 6.07) is 14.2. The third-order valence-electron chi connectivity index (χ3n) is 3.27. The number of cyclic esters (lactones) is 2. The molecule has 0 N–H and O–H groups in total. The van der Waals surface area contributed by atoms with Gasteiger partial charge in [0.05, 0.1) is 18.2 Å². The highest BCUT2D eigenvalue weighted by Gasteiger charge is 2.28. The third-order valence-corrected chi connectivity index (χ3v) is 3.27. The van der Waals surface area contributed by atoms with Crippen molar-refractivity contribution in [2.24, 2.45) is 0 Å². The molecule has 3 rings (SSSR count). The van der Waals surface area contributed by atoms with Crippen LogP contribution in [-0.4, -0.2) is 19.0 Å². The number of carbonyl (C=O) groups is 2. The molecule has 2 aromatic rings. The van der Waals surface area contributed by atoms with E-state index >= 15 is 0 Å². The fourth-order valence-electron chi connectivity index (χ4n) is 2.20. The minimum Gasteiger partial charge on any atom is -0.497 e. The van der Waals surface area contributed by atoms with Crippen LogP contribution in [-0.2, 0) is 9.53 Å². The molecule has 0 saturated heterocycles. The van der Waals surface area contributed by atoms with Gasteiger partial charge in [-0.15, -0.1) is 0 Å². The van der Waals surface area contributed by atoms with Gasteiger partial charge in [0, 0.05) is 5.56 Å². The van der Waals surface area contributed by atoms with Gasteiger partial charge in [-0.25, -0.2) is 9.59 Å². The number of esters is 2. The first kappa shape index (κ1) is 13.1. The summed E-state index contributed by atoms with van der Waals surface area (Å²) in [5, 5.41) is 0. The van der Waals surface area contributed by atoms with Gasteiger partial charge in [-0.3, -0.25) is 0 Å². The second kappa shape index (κ2) is 5.25. The minimum atomic E-state index is -0.630. The Labute approximate surface area is 121 Å². The molecule has 4 heteroatoms. The van der Waals surface area contributed by atoms with Crippen LogP contribution in [0, 0.1) is 0 Å². The number of fused-ring (bicyclic) bond motifs is 1. The summed E-state index contributed by atoms with van der Waals surface area (Å²) >= 11 is 0. The Morgan fingerprint density at radius 1 is 0.905 bits per heavy atom. The SMILES string of the molecule is COc1ccc(/C=C2\C(=O)OC(=O)c3ccccc32)cc1. The minimum absolute atomic E-state index is 0.371. The molecule has 104 valence electrons. The Morgan fingerprint density at radius 2 is 1.57 bits per heavy atom. The molecule has 21 heavy (non-hydrogen) atoms. The van der Waals surface area contributed by atoms with E-state index < -0.39 is 11.9 Å². The van der Waals surface area contributed by atoms with Gasteiger partial charge in [-0.2, -0.15) is 0 Å². The van der Waals surface area contributed by atoms with E-state index in [-0.39, 0.29) is 0 Å². The second-order valence-corrected chi connectivity index (χ2v) is 4.55. The van der Waals surface area contributed by atoms with Crippen molar-refractivity contribution in [3.05, 3.63) is 65.2 Å². The molecule has 0 spiro atoms. The first-order valence-electron chi connectivity index (χ1n) is 6.40. The van der Waals surface area contributed by atoms with Crippen molar-refractivity contribution in [3.8, 4) is 5.75 Å². The van der Waals surface area contributed by atoms with Crippen LogP contribution in [0.25, 0.3) is 11.6 Å². The van der Waals surface area contributed by atoms with Gasteiger partial charge in [-0.1, -0.05) is 30.3 Å². The summed E-state index contributed by atoms with van der Waals surface area (Å²) in [6.45, 7) is 0. The quantitative estimate of drug-likeness (QED) is 0.482. The van der Waals surface area contributed by atoms with E-state index in [2.05, 4.69) is 0 Å². The Bertz CT molecular complexity index is 742. The molecule has 0 aliphatic carbocycles. The predicted octanol–water partition coefficient (Wildman–Crippen LogP) is 2.93. The number of rotatable bonds is 2. The van der Waals surface area contributed by atoms with E-state index in [1.165, 1.54) is 0 Å². The van der Waals surface area contributed by atoms with Crippen LogP contribution in [0.4, 0.5) is 0 Å². The molecule has 0 amide bonds. The summed E-state index contributed by atoms with van der Waals surface area (Å²) in [4.78, 5) is 23.6. The van der Waals surface area contributed by atoms with E-state index in [1.54, 1.807) is 49.6 Å². The fraction of sp³-hybridized carbons (Fsp3) is 0.0588. The lowest BCUT2D eigenvalue weighted by atomic mass is 9.96. The number of carbonyl (C=O) groups excluding carboxylic acids is 2. The second-order valence-electron chi connectivity index (χ2n) is 4.55. The van der Waals surface area contributed by atoms with Crippen molar-refractivity contribution >= 4 is 23.6 Å². The number of hydrogen-bond donors (Lipinski definition) is 0. The van der Waals surface area contributed by atoms with Gasteiger partial charge in [0.1, 0.15) is 5.75 Å². The van der Waals surface area contributed by atoms with Crippen molar-refractivity contribution < 1.29 is 19.1 Å². The van der Waals surface area contributed by atoms with Crippen LogP contribution < -0.4 is 4.74 Å². The van der Waals surface area contributed by atoms with Gasteiger partial charge in [0.25, 0.3) is 0 Å². The highest BCUT2D eigenvalue weighted by molar-refractivity contribution is 6.29. The zero-order valence-electron chi connectivity index (χ0n) is 11.3. The average molecular weight is 280 g/mol. The summed E-state index contributed by atoms with van der Waals surface area (Å²) in [7, 11) is 1.59. The zero-order chi connectivity index (χ0) is 14.8. The standard InChI is InChI=1S/C17H12O4/c1-20-12-8-6-11(7-9-12)10-15-13-4-2-3-5-14(13)16(18)21-17(15)19/h2-10H,1H3/b15-10-. The van der Waals surface area contributed by atoms with Crippen LogP contribution in [0.2, 0.25) is 0 Å². The predicted molar refractivity (Wildman–Crippen MR) is 77.7 cm³/mol. The molecule has 0 fully saturated rings. The molecule has 0 saturated carbocycles. The molecule has 4 nitrogen and oxygen atoms in total. The first-order chi connectivity index (χ1) is 10.2. The Morgan fingerprint density at radius 3 is 2.24 bits per heavy atom. The van der Waals surface area contributed by atoms with Gasteiger partial charge in [0.2, 0.25) is 0 Å². The monoisotopic (exact) mass is 280 g/mol. The maximum absolute atomic E-state index is 12.0. The van der Waals surface area contributed by atoms with Crippen molar-refractivity contribution in [1.29, 1.82) is 0 Å². The zero-order valence-corrected chi connectivity index (χ0v) is 11.3. The molecule has 1 aliphatic heterocycles. The van der Waals surface area contributed by atoms with Gasteiger partial charge in [0.15, 0.2) is 0 Å². The van der Waals surface area contributed by atoms with Crippen molar-refractivity contribution in [2.45, 2.75) is 0 Å². The summed E-state index contributed by atoms with van der Waals surface area (Å²) in [5.41, 5.74) is 2.19. The lowest BCUT2D eigenvalue weighted by Crippen LogP contribution is -2.21. The maximum Gasteiger partial charge on any atom is 0.346 e. The van der Waals surface area contributed by atoms with Crippen molar-refractivity contribution in [1.82, 2.24) is 0 Å². The van der Waals surface area contributed by atoms with Crippen molar-refractivity contribution in [2.75, 3.05) is 7.11 Å². The van der Waals surface area contributed by atoms with Crippen LogP contribution in [0.5, 0.6) is 5.75 Å². The summed E-state index contributed by atoms with van der Waals surface area (Å²) in [5.74, 6) is -0.504. The summed E-state index contributed by atoms with van der Waals surface area (Å²) < 4.78 is 9.87. The number of ether oxygens (including phenoxy) is 2. The summed E-state index contributed by atoms with van der Waals surface area (Å²) in [6.07, 6.45) is 1.70. The Kier molecular flexibility index (Phi) is 3.28. The first-order valence-corrected chi connectivity index (χ1v) is 6.40. The topological polar surface area (TPSA) is 52.6 Å².